The Morgan fingerprint density at radius 3 is 2.61 bits per heavy atom. The Balaban J connectivity index is 1.28. The minimum atomic E-state index is -0.950. The lowest BCUT2D eigenvalue weighted by molar-refractivity contribution is -0.0447. The van der Waals surface area contributed by atoms with Crippen LogP contribution in [-0.2, 0) is 4.74 Å². The van der Waals surface area contributed by atoms with Gasteiger partial charge in [-0.25, -0.2) is 9.37 Å². The van der Waals surface area contributed by atoms with Gasteiger partial charge in [0.15, 0.2) is 17.9 Å². The zero-order chi connectivity index (χ0) is 28.6. The first-order valence-corrected chi connectivity index (χ1v) is 12.9. The number of hydrogen-bond acceptors (Lipinski definition) is 10. The number of carbonyl (C=O) groups is 1. The number of methoxy groups -OCH3 is 1. The number of anilines is 4. The Bertz CT molecular complexity index is 1490. The van der Waals surface area contributed by atoms with Gasteiger partial charge in [0.25, 0.3) is 5.91 Å². The number of para-hydroxylation sites is 1. The Hall–Kier alpha value is -4.78. The molecule has 4 aromatic rings. The second-order valence-electron chi connectivity index (χ2n) is 8.99. The molecule has 1 aliphatic heterocycles. The van der Waals surface area contributed by atoms with Crippen LogP contribution in [0.25, 0.3) is 0 Å². The van der Waals surface area contributed by atoms with Crippen LogP contribution in [0.1, 0.15) is 10.4 Å². The molecule has 0 radical (unpaired) electrons. The van der Waals surface area contributed by atoms with Crippen LogP contribution in [-0.4, -0.2) is 65.6 Å². The molecule has 41 heavy (non-hydrogen) atoms. The lowest BCUT2D eigenvalue weighted by atomic mass is 10.2. The van der Waals surface area contributed by atoms with Crippen LogP contribution in [0.4, 0.5) is 27.4 Å². The number of aliphatic hydroxyl groups excluding tert-OH is 1. The zero-order valence-corrected chi connectivity index (χ0v) is 22.2. The molecular weight excluding hydrogens is 531 g/mol. The molecule has 11 nitrogen and oxygen atoms in total. The zero-order valence-electron chi connectivity index (χ0n) is 22.2. The van der Waals surface area contributed by atoms with Gasteiger partial charge in [0.2, 0.25) is 5.88 Å². The van der Waals surface area contributed by atoms with Gasteiger partial charge in [-0.15, -0.1) is 0 Å². The number of pyridine rings is 2. The molecule has 5 rings (SSSR count). The van der Waals surface area contributed by atoms with Crippen molar-refractivity contribution in [2.45, 2.75) is 6.35 Å². The Morgan fingerprint density at radius 1 is 1.05 bits per heavy atom. The first kappa shape index (κ1) is 27.8. The fourth-order valence-corrected chi connectivity index (χ4v) is 4.08. The largest absolute Gasteiger partial charge is 0.481 e. The average molecular weight is 561 g/mol. The molecule has 0 aliphatic carbocycles. The molecule has 212 valence electrons. The molecule has 1 atom stereocenters. The van der Waals surface area contributed by atoms with Crippen LogP contribution in [0.5, 0.6) is 17.4 Å². The number of nitrogens with zero attached hydrogens (tertiary/aromatic N) is 3. The summed E-state index contributed by atoms with van der Waals surface area (Å²) in [5.41, 5.74) is 1.21. The molecular formula is C29H29FN6O5. The monoisotopic (exact) mass is 560 g/mol. The lowest BCUT2D eigenvalue weighted by Gasteiger charge is -2.31. The number of morpholine rings is 1. The average Bonchev–Trinajstić information content (AvgIpc) is 2.99. The Kier molecular flexibility index (Phi) is 8.84. The van der Waals surface area contributed by atoms with Gasteiger partial charge in [0.1, 0.15) is 17.4 Å². The summed E-state index contributed by atoms with van der Waals surface area (Å²) < 4.78 is 31.4. The number of halogens is 1. The third-order valence-electron chi connectivity index (χ3n) is 6.18. The fourth-order valence-electron chi connectivity index (χ4n) is 4.08. The van der Waals surface area contributed by atoms with Crippen molar-refractivity contribution in [2.75, 3.05) is 49.4 Å². The summed E-state index contributed by atoms with van der Waals surface area (Å²) in [6.45, 7) is 2.24. The fraction of sp³-hybridized carbons (Fsp3) is 0.207. The van der Waals surface area contributed by atoms with Crippen molar-refractivity contribution in [1.82, 2.24) is 14.9 Å². The van der Waals surface area contributed by atoms with Gasteiger partial charge < -0.3 is 35.3 Å². The Labute approximate surface area is 235 Å². The van der Waals surface area contributed by atoms with Gasteiger partial charge in [-0.1, -0.05) is 18.2 Å². The minimum absolute atomic E-state index is 0.0259. The van der Waals surface area contributed by atoms with E-state index in [1.807, 2.05) is 23.1 Å². The molecule has 1 fully saturated rings. The number of aromatic nitrogens is 2. The number of ether oxygens (including phenoxy) is 3. The van der Waals surface area contributed by atoms with Gasteiger partial charge in [-0.05, 0) is 36.4 Å². The predicted molar refractivity (Wildman–Crippen MR) is 151 cm³/mol. The number of amides is 1. The SMILES string of the molecule is COc1ccc(C(=O)Nc2ccccc2)c(Nc2ccc(Oc3ccnc(NC(O)N4CCOCC4)c3)c(F)c2)n1. The van der Waals surface area contributed by atoms with Crippen molar-refractivity contribution in [1.29, 1.82) is 0 Å². The highest BCUT2D eigenvalue weighted by molar-refractivity contribution is 6.07. The molecule has 0 spiro atoms. The minimum Gasteiger partial charge on any atom is -0.481 e. The smallest absolute Gasteiger partial charge is 0.259 e. The van der Waals surface area contributed by atoms with Gasteiger partial charge >= 0.3 is 0 Å². The topological polar surface area (TPSA) is 130 Å². The maximum Gasteiger partial charge on any atom is 0.259 e. The number of nitrogens with one attached hydrogen (secondary N) is 3. The highest BCUT2D eigenvalue weighted by Gasteiger charge is 2.19. The lowest BCUT2D eigenvalue weighted by Crippen LogP contribution is -2.47. The van der Waals surface area contributed by atoms with Gasteiger partial charge in [0, 0.05) is 48.9 Å². The van der Waals surface area contributed by atoms with E-state index >= 15 is 4.39 Å². The molecule has 3 heterocycles. The number of carbonyl (C=O) groups excluding carboxylic acids is 1. The second-order valence-corrected chi connectivity index (χ2v) is 8.99. The summed E-state index contributed by atoms with van der Waals surface area (Å²) in [4.78, 5) is 23.3. The van der Waals surface area contributed by atoms with Crippen LogP contribution in [0, 0.1) is 5.82 Å². The molecule has 4 N–H and O–H groups in total. The van der Waals surface area contributed by atoms with Crippen LogP contribution in [0.15, 0.2) is 79.0 Å². The molecule has 0 bridgehead atoms. The van der Waals surface area contributed by atoms with Crippen LogP contribution >= 0.6 is 0 Å². The first-order chi connectivity index (χ1) is 20.0. The molecule has 1 unspecified atom stereocenters. The van der Waals surface area contributed by atoms with E-state index < -0.39 is 18.1 Å². The van der Waals surface area contributed by atoms with E-state index in [2.05, 4.69) is 25.9 Å². The maximum absolute atomic E-state index is 15.1. The second kappa shape index (κ2) is 13.0. The maximum atomic E-state index is 15.1. The highest BCUT2D eigenvalue weighted by Crippen LogP contribution is 2.30. The van der Waals surface area contributed by atoms with Gasteiger partial charge in [0.05, 0.1) is 25.9 Å². The van der Waals surface area contributed by atoms with Crippen molar-refractivity contribution in [3.63, 3.8) is 0 Å². The van der Waals surface area contributed by atoms with E-state index in [1.165, 1.54) is 25.4 Å². The molecule has 2 aromatic carbocycles. The summed E-state index contributed by atoms with van der Waals surface area (Å²) in [5.74, 6) is 0.0980. The molecule has 12 heteroatoms. The normalized spacial score (nSPS) is 14.1. The molecule has 1 saturated heterocycles. The molecule has 0 saturated carbocycles. The number of rotatable bonds is 10. The molecule has 1 amide bonds. The quantitative estimate of drug-likeness (QED) is 0.207. The van der Waals surface area contributed by atoms with Crippen molar-refractivity contribution >= 4 is 28.9 Å². The molecule has 1 aliphatic rings. The molecule has 2 aromatic heterocycles. The van der Waals surface area contributed by atoms with Gasteiger partial charge in [-0.3, -0.25) is 9.69 Å². The first-order valence-electron chi connectivity index (χ1n) is 12.9. The van der Waals surface area contributed by atoms with E-state index in [-0.39, 0.29) is 23.0 Å². The summed E-state index contributed by atoms with van der Waals surface area (Å²) in [5, 5.41) is 19.2. The van der Waals surface area contributed by atoms with E-state index in [0.29, 0.717) is 49.2 Å². The van der Waals surface area contributed by atoms with Crippen LogP contribution < -0.4 is 25.4 Å². The van der Waals surface area contributed by atoms with Crippen LogP contribution in [0.2, 0.25) is 0 Å². The summed E-state index contributed by atoms with van der Waals surface area (Å²) >= 11 is 0. The number of aliphatic hydroxyl groups is 1. The van der Waals surface area contributed by atoms with Crippen molar-refractivity contribution in [2.24, 2.45) is 0 Å². The number of hydrogen-bond donors (Lipinski definition) is 4. The summed E-state index contributed by atoms with van der Waals surface area (Å²) in [6.07, 6.45) is 0.544. The number of benzene rings is 2. The summed E-state index contributed by atoms with van der Waals surface area (Å²) in [6, 6.07) is 19.6. The van der Waals surface area contributed by atoms with E-state index in [9.17, 15) is 9.90 Å². The predicted octanol–water partition coefficient (Wildman–Crippen LogP) is 4.43. The van der Waals surface area contributed by atoms with Crippen molar-refractivity contribution < 1.29 is 28.5 Å². The van der Waals surface area contributed by atoms with E-state index in [1.54, 1.807) is 42.5 Å². The van der Waals surface area contributed by atoms with E-state index in [0.717, 1.165) is 0 Å². The van der Waals surface area contributed by atoms with Gasteiger partial charge in [-0.2, -0.15) is 4.98 Å². The highest BCUT2D eigenvalue weighted by atomic mass is 19.1. The van der Waals surface area contributed by atoms with Crippen LogP contribution in [0.3, 0.4) is 0 Å². The third kappa shape index (κ3) is 7.25. The Morgan fingerprint density at radius 2 is 1.85 bits per heavy atom. The standard InChI is InChI=1S/C29H29FN6O5/c1-39-26-10-8-22(28(37)33-19-5-3-2-4-6-19)27(35-26)32-20-7-9-24(23(30)17-20)41-21-11-12-31-25(18-21)34-29(38)36-13-15-40-16-14-36/h2-12,17-18,29,38H,13-16H2,1H3,(H,31,34)(H,32,35)(H,33,37). The summed E-state index contributed by atoms with van der Waals surface area (Å²) in [7, 11) is 1.46. The third-order valence-corrected chi connectivity index (χ3v) is 6.18. The van der Waals surface area contributed by atoms with E-state index in [4.69, 9.17) is 14.2 Å². The van der Waals surface area contributed by atoms with Crippen molar-refractivity contribution in [3.8, 4) is 17.4 Å². The van der Waals surface area contributed by atoms with Crippen molar-refractivity contribution in [3.05, 3.63) is 90.4 Å².